The number of nitrogen functional groups attached to an aromatic ring is 1. The zero-order valence-corrected chi connectivity index (χ0v) is 12.9. The van der Waals surface area contributed by atoms with Gasteiger partial charge in [0.2, 0.25) is 5.91 Å². The molecule has 1 unspecified atom stereocenters. The predicted octanol–water partition coefficient (Wildman–Crippen LogP) is 1.69. The third-order valence-corrected chi connectivity index (χ3v) is 3.12. The van der Waals surface area contributed by atoms with Gasteiger partial charge in [-0.25, -0.2) is 4.79 Å². The van der Waals surface area contributed by atoms with Crippen LogP contribution >= 0.6 is 0 Å². The second-order valence-corrected chi connectivity index (χ2v) is 4.90. The van der Waals surface area contributed by atoms with Crippen molar-refractivity contribution < 1.29 is 14.3 Å². The van der Waals surface area contributed by atoms with Crippen molar-refractivity contribution in [1.82, 2.24) is 5.32 Å². The Morgan fingerprint density at radius 2 is 2.05 bits per heavy atom. The summed E-state index contributed by atoms with van der Waals surface area (Å²) in [5.74, 6) is -0.590. The molecule has 0 bridgehead atoms. The van der Waals surface area contributed by atoms with E-state index in [4.69, 9.17) is 10.5 Å². The third kappa shape index (κ3) is 4.37. The number of nitrogens with one attached hydrogen (secondary N) is 2. The van der Waals surface area contributed by atoms with Gasteiger partial charge in [0.15, 0.2) is 0 Å². The Bertz CT molecular complexity index is 529. The Morgan fingerprint density at radius 1 is 1.38 bits per heavy atom. The Kier molecular flexibility index (Phi) is 6.02. The van der Waals surface area contributed by atoms with Crippen molar-refractivity contribution in [3.8, 4) is 0 Å². The summed E-state index contributed by atoms with van der Waals surface area (Å²) in [6, 6.07) is 2.98. The first kappa shape index (κ1) is 16.8. The van der Waals surface area contributed by atoms with Gasteiger partial charge in [-0.2, -0.15) is 0 Å². The van der Waals surface area contributed by atoms with Crippen LogP contribution in [0.5, 0.6) is 0 Å². The van der Waals surface area contributed by atoms with Gasteiger partial charge in [-0.1, -0.05) is 6.92 Å². The van der Waals surface area contributed by atoms with E-state index in [-0.39, 0.29) is 5.91 Å². The highest BCUT2D eigenvalue weighted by Gasteiger charge is 2.16. The highest BCUT2D eigenvalue weighted by Crippen LogP contribution is 2.24. The lowest BCUT2D eigenvalue weighted by atomic mass is 10.1. The number of anilines is 2. The summed E-state index contributed by atoms with van der Waals surface area (Å²) in [6.45, 7) is 6.19. The van der Waals surface area contributed by atoms with E-state index in [0.29, 0.717) is 23.5 Å². The molecule has 116 valence electrons. The van der Waals surface area contributed by atoms with Gasteiger partial charge in [-0.15, -0.1) is 0 Å². The van der Waals surface area contributed by atoms with Crippen LogP contribution in [0.15, 0.2) is 12.1 Å². The van der Waals surface area contributed by atoms with Crippen LogP contribution in [-0.4, -0.2) is 31.6 Å². The molecule has 0 aliphatic heterocycles. The molecule has 0 aliphatic rings. The first-order chi connectivity index (χ1) is 9.90. The van der Waals surface area contributed by atoms with Crippen molar-refractivity contribution in [3.05, 3.63) is 23.3 Å². The third-order valence-electron chi connectivity index (χ3n) is 3.12. The van der Waals surface area contributed by atoms with Gasteiger partial charge in [-0.05, 0) is 38.0 Å². The average molecular weight is 293 g/mol. The largest absolute Gasteiger partial charge is 0.465 e. The van der Waals surface area contributed by atoms with Crippen LogP contribution in [0.1, 0.15) is 36.2 Å². The van der Waals surface area contributed by atoms with Crippen molar-refractivity contribution in [2.24, 2.45) is 0 Å². The van der Waals surface area contributed by atoms with Crippen LogP contribution < -0.4 is 16.4 Å². The highest BCUT2D eigenvalue weighted by atomic mass is 16.5. The summed E-state index contributed by atoms with van der Waals surface area (Å²) < 4.78 is 4.71. The molecule has 1 aromatic rings. The van der Waals surface area contributed by atoms with Gasteiger partial charge >= 0.3 is 5.97 Å². The number of benzene rings is 1. The van der Waals surface area contributed by atoms with E-state index in [2.05, 4.69) is 10.6 Å². The van der Waals surface area contributed by atoms with E-state index >= 15 is 0 Å². The number of esters is 1. The van der Waals surface area contributed by atoms with Gasteiger partial charge in [0.1, 0.15) is 6.04 Å². The number of hydrogen-bond donors (Lipinski definition) is 3. The number of rotatable bonds is 6. The highest BCUT2D eigenvalue weighted by molar-refractivity contribution is 5.97. The number of ether oxygens (including phenoxy) is 1. The Labute approximate surface area is 125 Å². The molecule has 0 spiro atoms. The number of hydrogen-bond acceptors (Lipinski definition) is 5. The molecule has 0 saturated heterocycles. The molecule has 6 heteroatoms. The summed E-state index contributed by atoms with van der Waals surface area (Å²) in [4.78, 5) is 23.5. The van der Waals surface area contributed by atoms with Crippen molar-refractivity contribution in [1.29, 1.82) is 0 Å². The Morgan fingerprint density at radius 3 is 2.62 bits per heavy atom. The molecule has 0 aliphatic carbocycles. The number of carbonyl (C=O) groups is 2. The molecule has 0 radical (unpaired) electrons. The topological polar surface area (TPSA) is 93.5 Å². The monoisotopic (exact) mass is 293 g/mol. The number of carbonyl (C=O) groups excluding carboxylic acids is 2. The summed E-state index contributed by atoms with van der Waals surface area (Å²) in [5.41, 5.74) is 7.96. The lowest BCUT2D eigenvalue weighted by Gasteiger charge is -2.17. The van der Waals surface area contributed by atoms with E-state index < -0.39 is 12.0 Å². The second-order valence-electron chi connectivity index (χ2n) is 4.90. The quantitative estimate of drug-likeness (QED) is 0.548. The van der Waals surface area contributed by atoms with Crippen molar-refractivity contribution in [2.45, 2.75) is 33.2 Å². The lowest BCUT2D eigenvalue weighted by molar-refractivity contribution is -0.121. The van der Waals surface area contributed by atoms with Gasteiger partial charge in [-0.3, -0.25) is 4.79 Å². The van der Waals surface area contributed by atoms with Crippen molar-refractivity contribution in [2.75, 3.05) is 24.7 Å². The zero-order valence-electron chi connectivity index (χ0n) is 12.9. The molecule has 0 fully saturated rings. The van der Waals surface area contributed by atoms with E-state index in [9.17, 15) is 9.59 Å². The first-order valence-corrected chi connectivity index (χ1v) is 6.93. The van der Waals surface area contributed by atoms with E-state index in [1.807, 2.05) is 6.92 Å². The van der Waals surface area contributed by atoms with Gasteiger partial charge in [0.05, 0.1) is 12.7 Å². The maximum Gasteiger partial charge on any atom is 0.340 e. The molecule has 6 nitrogen and oxygen atoms in total. The SMILES string of the molecule is CCCNC(=O)C(C)Nc1cc(C)c(N)c(C(=O)OC)c1. The molecule has 1 atom stereocenters. The van der Waals surface area contributed by atoms with Crippen LogP contribution in [0, 0.1) is 6.92 Å². The molecule has 21 heavy (non-hydrogen) atoms. The fraction of sp³-hybridized carbons (Fsp3) is 0.467. The minimum atomic E-state index is -0.498. The van der Waals surface area contributed by atoms with E-state index in [0.717, 1.165) is 12.0 Å². The minimum absolute atomic E-state index is 0.0917. The fourth-order valence-electron chi connectivity index (χ4n) is 1.88. The van der Waals surface area contributed by atoms with Crippen molar-refractivity contribution in [3.63, 3.8) is 0 Å². The van der Waals surface area contributed by atoms with E-state index in [1.54, 1.807) is 26.0 Å². The molecular formula is C15H23N3O3. The Hall–Kier alpha value is -2.24. The van der Waals surface area contributed by atoms with Crippen molar-refractivity contribution >= 4 is 23.3 Å². The maximum absolute atomic E-state index is 11.8. The summed E-state index contributed by atoms with van der Waals surface area (Å²) >= 11 is 0. The number of amides is 1. The minimum Gasteiger partial charge on any atom is -0.465 e. The zero-order chi connectivity index (χ0) is 16.0. The van der Waals surface area contributed by atoms with Gasteiger partial charge < -0.3 is 21.1 Å². The second kappa shape index (κ2) is 7.52. The maximum atomic E-state index is 11.8. The number of methoxy groups -OCH3 is 1. The molecule has 4 N–H and O–H groups in total. The molecule has 1 rings (SSSR count). The standard InChI is InChI=1S/C15H23N3O3/c1-5-6-17-14(19)10(3)18-11-7-9(2)13(16)12(8-11)15(20)21-4/h7-8,10,18H,5-6,16H2,1-4H3,(H,17,19). The van der Waals surface area contributed by atoms with Crippen LogP contribution in [0.2, 0.25) is 0 Å². The van der Waals surface area contributed by atoms with Crippen LogP contribution in [0.25, 0.3) is 0 Å². The molecule has 0 heterocycles. The van der Waals surface area contributed by atoms with Crippen LogP contribution in [-0.2, 0) is 9.53 Å². The molecule has 0 saturated carbocycles. The lowest BCUT2D eigenvalue weighted by Crippen LogP contribution is -2.37. The number of nitrogens with two attached hydrogens (primary N) is 1. The molecule has 1 amide bonds. The molecule has 1 aromatic carbocycles. The average Bonchev–Trinajstić information content (AvgIpc) is 2.47. The van der Waals surface area contributed by atoms with E-state index in [1.165, 1.54) is 7.11 Å². The smallest absolute Gasteiger partial charge is 0.340 e. The predicted molar refractivity (Wildman–Crippen MR) is 83.3 cm³/mol. The first-order valence-electron chi connectivity index (χ1n) is 6.93. The molecular weight excluding hydrogens is 270 g/mol. The summed E-state index contributed by atoms with van der Waals surface area (Å²) in [7, 11) is 1.30. The number of aryl methyl sites for hydroxylation is 1. The van der Waals surface area contributed by atoms with Gasteiger partial charge in [0.25, 0.3) is 0 Å². The van der Waals surface area contributed by atoms with Gasteiger partial charge in [0, 0.05) is 17.9 Å². The summed E-state index contributed by atoms with van der Waals surface area (Å²) in [6.07, 6.45) is 0.881. The fourth-order valence-corrected chi connectivity index (χ4v) is 1.88. The van der Waals surface area contributed by atoms with Crippen LogP contribution in [0.3, 0.4) is 0 Å². The normalized spacial score (nSPS) is 11.6. The van der Waals surface area contributed by atoms with Crippen LogP contribution in [0.4, 0.5) is 11.4 Å². The molecule has 0 aromatic heterocycles. The Balaban J connectivity index is 2.91. The summed E-state index contributed by atoms with van der Waals surface area (Å²) in [5, 5.41) is 5.87.